The number of aliphatic carboxylic acids is 1. The van der Waals surface area contributed by atoms with Crippen molar-refractivity contribution in [2.45, 2.75) is 84.5 Å². The van der Waals surface area contributed by atoms with Gasteiger partial charge in [-0.2, -0.15) is 11.8 Å². The first-order valence-electron chi connectivity index (χ1n) is 11.8. The van der Waals surface area contributed by atoms with E-state index in [1.54, 1.807) is 0 Å². The molecule has 34 heavy (non-hydrogen) atoms. The van der Waals surface area contributed by atoms with Crippen molar-refractivity contribution in [3.05, 3.63) is 0 Å². The molecule has 1 aliphatic heterocycles. The van der Waals surface area contributed by atoms with Gasteiger partial charge in [0.2, 0.25) is 23.6 Å². The summed E-state index contributed by atoms with van der Waals surface area (Å²) in [7, 11) is 0. The molecule has 0 aliphatic carbocycles. The zero-order valence-corrected chi connectivity index (χ0v) is 21.9. The predicted molar refractivity (Wildman–Crippen MR) is 131 cm³/mol. The van der Waals surface area contributed by atoms with E-state index in [1.807, 2.05) is 34.0 Å². The average Bonchev–Trinajstić information content (AvgIpc) is 3.23. The minimum atomic E-state index is -1.12. The maximum absolute atomic E-state index is 13.2. The molecule has 0 unspecified atom stereocenters. The van der Waals surface area contributed by atoms with Gasteiger partial charge in [0.05, 0.1) is 0 Å². The maximum atomic E-state index is 13.2. The number of thioether (sulfide) groups is 1. The summed E-state index contributed by atoms with van der Waals surface area (Å²) in [6.07, 6.45) is 3.56. The van der Waals surface area contributed by atoms with E-state index in [4.69, 9.17) is 0 Å². The lowest BCUT2D eigenvalue weighted by atomic mass is 10.0. The van der Waals surface area contributed by atoms with Crippen molar-refractivity contribution >= 4 is 41.4 Å². The van der Waals surface area contributed by atoms with Gasteiger partial charge < -0.3 is 26.0 Å². The second kappa shape index (κ2) is 14.2. The van der Waals surface area contributed by atoms with Crippen LogP contribution in [0.3, 0.4) is 0 Å². The normalized spacial score (nSPS) is 18.4. The van der Waals surface area contributed by atoms with Gasteiger partial charge in [-0.05, 0) is 49.5 Å². The molecule has 0 radical (unpaired) electrons. The Hall–Kier alpha value is -2.30. The summed E-state index contributed by atoms with van der Waals surface area (Å²) in [5.41, 5.74) is 0. The van der Waals surface area contributed by atoms with Gasteiger partial charge in [0.15, 0.2) is 0 Å². The van der Waals surface area contributed by atoms with E-state index in [0.29, 0.717) is 31.6 Å². The highest BCUT2D eigenvalue weighted by Gasteiger charge is 2.39. The number of carboxylic acids is 1. The molecule has 11 heteroatoms. The maximum Gasteiger partial charge on any atom is 0.326 e. The predicted octanol–water partition coefficient (Wildman–Crippen LogP) is 0.992. The van der Waals surface area contributed by atoms with Gasteiger partial charge in [-0.3, -0.25) is 19.2 Å². The van der Waals surface area contributed by atoms with Crippen molar-refractivity contribution in [2.24, 2.45) is 11.8 Å². The van der Waals surface area contributed by atoms with Crippen molar-refractivity contribution in [2.75, 3.05) is 18.6 Å². The monoisotopic (exact) mass is 500 g/mol. The number of hydrogen-bond donors (Lipinski definition) is 4. The number of nitrogens with one attached hydrogen (secondary N) is 3. The molecule has 194 valence electrons. The van der Waals surface area contributed by atoms with Crippen molar-refractivity contribution in [1.82, 2.24) is 20.9 Å². The third kappa shape index (κ3) is 9.15. The minimum absolute atomic E-state index is 0.0659. The average molecular weight is 501 g/mol. The third-order valence-electron chi connectivity index (χ3n) is 5.70. The van der Waals surface area contributed by atoms with Gasteiger partial charge >= 0.3 is 5.97 Å². The SMILES string of the molecule is CSCC[C@H](NC(=O)[C@@H]1CCCN1C(=O)[C@@H](NC(C)=O)C(C)C)C(=O)N[C@@H](CC(C)C)C(=O)O. The number of carboxylic acid groups (broad SMARTS) is 1. The van der Waals surface area contributed by atoms with Crippen molar-refractivity contribution in [1.29, 1.82) is 0 Å². The Bertz CT molecular complexity index is 745. The van der Waals surface area contributed by atoms with Crippen LogP contribution in [0.15, 0.2) is 0 Å². The summed E-state index contributed by atoms with van der Waals surface area (Å²) in [6, 6.07) is -3.45. The van der Waals surface area contributed by atoms with Crippen molar-refractivity contribution < 1.29 is 29.1 Å². The fourth-order valence-electron chi connectivity index (χ4n) is 3.95. The van der Waals surface area contributed by atoms with E-state index < -0.39 is 42.0 Å². The van der Waals surface area contributed by atoms with Gasteiger partial charge in [0.25, 0.3) is 0 Å². The van der Waals surface area contributed by atoms with Crippen LogP contribution in [0.4, 0.5) is 0 Å². The van der Waals surface area contributed by atoms with E-state index in [-0.39, 0.29) is 30.1 Å². The zero-order valence-electron chi connectivity index (χ0n) is 21.1. The Labute approximate surface area is 206 Å². The highest BCUT2D eigenvalue weighted by atomic mass is 32.2. The van der Waals surface area contributed by atoms with E-state index in [2.05, 4.69) is 16.0 Å². The smallest absolute Gasteiger partial charge is 0.326 e. The Morgan fingerprint density at radius 2 is 1.68 bits per heavy atom. The molecule has 1 heterocycles. The molecule has 4 atom stereocenters. The second-order valence-corrected chi connectivity index (χ2v) is 10.5. The fraction of sp³-hybridized carbons (Fsp3) is 0.783. The molecule has 0 aromatic rings. The molecule has 1 aliphatic rings. The molecule has 1 saturated heterocycles. The molecule has 0 saturated carbocycles. The van der Waals surface area contributed by atoms with E-state index >= 15 is 0 Å². The van der Waals surface area contributed by atoms with Crippen LogP contribution in [0.2, 0.25) is 0 Å². The van der Waals surface area contributed by atoms with Crippen LogP contribution in [0, 0.1) is 11.8 Å². The Kier molecular flexibility index (Phi) is 12.4. The van der Waals surface area contributed by atoms with Gasteiger partial charge in [0.1, 0.15) is 24.2 Å². The molecule has 0 bridgehead atoms. The number of carbonyl (C=O) groups is 5. The summed E-state index contributed by atoms with van der Waals surface area (Å²) in [5, 5.41) is 17.4. The standard InChI is InChI=1S/C23H40N4O6S/c1-13(2)12-17(23(32)33)26-20(29)16(9-11-34-6)25-21(30)18-8-7-10-27(18)22(31)19(14(3)4)24-15(5)28/h13-14,16-19H,7-12H2,1-6H3,(H,24,28)(H,25,30)(H,26,29)(H,32,33)/t16-,17-,18-,19-/m0/s1. The lowest BCUT2D eigenvalue weighted by Crippen LogP contribution is -2.58. The van der Waals surface area contributed by atoms with Crippen molar-refractivity contribution in [3.63, 3.8) is 0 Å². The lowest BCUT2D eigenvalue weighted by Gasteiger charge is -2.31. The summed E-state index contributed by atoms with van der Waals surface area (Å²) in [6.45, 7) is 9.11. The van der Waals surface area contributed by atoms with Gasteiger partial charge in [0, 0.05) is 13.5 Å². The van der Waals surface area contributed by atoms with Gasteiger partial charge in [-0.15, -0.1) is 0 Å². The Morgan fingerprint density at radius 3 is 2.18 bits per heavy atom. The highest BCUT2D eigenvalue weighted by molar-refractivity contribution is 7.98. The number of nitrogens with zero attached hydrogens (tertiary/aromatic N) is 1. The summed E-state index contributed by atoms with van der Waals surface area (Å²) >= 11 is 1.51. The molecular formula is C23H40N4O6S. The Morgan fingerprint density at radius 1 is 1.03 bits per heavy atom. The van der Waals surface area contributed by atoms with E-state index in [9.17, 15) is 29.1 Å². The van der Waals surface area contributed by atoms with Crippen LogP contribution >= 0.6 is 11.8 Å². The van der Waals surface area contributed by atoms with Gasteiger partial charge in [-0.25, -0.2) is 4.79 Å². The number of amides is 4. The van der Waals surface area contributed by atoms with Crippen LogP contribution in [0.25, 0.3) is 0 Å². The van der Waals surface area contributed by atoms with E-state index in [1.165, 1.54) is 23.6 Å². The van der Waals surface area contributed by atoms with E-state index in [0.717, 1.165) is 0 Å². The molecule has 0 aromatic heterocycles. The fourth-order valence-corrected chi connectivity index (χ4v) is 4.42. The first-order chi connectivity index (χ1) is 15.9. The molecule has 1 rings (SSSR count). The summed E-state index contributed by atoms with van der Waals surface area (Å²) in [5.74, 6) is -2.27. The highest BCUT2D eigenvalue weighted by Crippen LogP contribution is 2.21. The topological polar surface area (TPSA) is 145 Å². The molecule has 0 spiro atoms. The summed E-state index contributed by atoms with van der Waals surface area (Å²) in [4.78, 5) is 63.8. The molecule has 10 nitrogen and oxygen atoms in total. The number of hydrogen-bond acceptors (Lipinski definition) is 6. The van der Waals surface area contributed by atoms with Crippen LogP contribution in [-0.2, 0) is 24.0 Å². The molecular weight excluding hydrogens is 460 g/mol. The largest absolute Gasteiger partial charge is 0.480 e. The molecule has 1 fully saturated rings. The number of carbonyl (C=O) groups excluding carboxylic acids is 4. The number of likely N-dealkylation sites (tertiary alicyclic amines) is 1. The molecule has 0 aromatic carbocycles. The lowest BCUT2D eigenvalue weighted by molar-refractivity contribution is -0.144. The van der Waals surface area contributed by atoms with Crippen LogP contribution < -0.4 is 16.0 Å². The van der Waals surface area contributed by atoms with Crippen molar-refractivity contribution in [3.8, 4) is 0 Å². The molecule has 4 N–H and O–H groups in total. The first-order valence-corrected chi connectivity index (χ1v) is 13.2. The first kappa shape index (κ1) is 29.7. The van der Waals surface area contributed by atoms with Gasteiger partial charge in [-0.1, -0.05) is 27.7 Å². The van der Waals surface area contributed by atoms with Crippen LogP contribution in [0.5, 0.6) is 0 Å². The Balaban J connectivity index is 2.98. The zero-order chi connectivity index (χ0) is 26.0. The quantitative estimate of drug-likeness (QED) is 0.295. The summed E-state index contributed by atoms with van der Waals surface area (Å²) < 4.78 is 0. The molecule has 4 amide bonds. The van der Waals surface area contributed by atoms with Crippen LogP contribution in [0.1, 0.15) is 60.3 Å². The third-order valence-corrected chi connectivity index (χ3v) is 6.34. The second-order valence-electron chi connectivity index (χ2n) is 9.48. The minimum Gasteiger partial charge on any atom is -0.480 e. The van der Waals surface area contributed by atoms with Crippen LogP contribution in [-0.4, -0.2) is 82.3 Å². The number of rotatable bonds is 13.